The Balaban J connectivity index is 2.03. The van der Waals surface area contributed by atoms with Gasteiger partial charge < -0.3 is 15.6 Å². The van der Waals surface area contributed by atoms with Crippen LogP contribution in [0.5, 0.6) is 0 Å². The van der Waals surface area contributed by atoms with E-state index >= 15 is 0 Å². The second-order valence-corrected chi connectivity index (χ2v) is 4.64. The molecule has 20 heavy (non-hydrogen) atoms. The molecule has 1 amide bonds. The topological polar surface area (TPSA) is 85.8 Å². The third-order valence-corrected chi connectivity index (χ3v) is 2.97. The Morgan fingerprint density at radius 1 is 1.40 bits per heavy atom. The molecule has 0 saturated heterocycles. The summed E-state index contributed by atoms with van der Waals surface area (Å²) in [4.78, 5) is 11.8. The Bertz CT molecular complexity index is 578. The van der Waals surface area contributed by atoms with E-state index in [2.05, 4.69) is 15.5 Å². The van der Waals surface area contributed by atoms with E-state index in [4.69, 9.17) is 5.73 Å². The Labute approximate surface area is 118 Å². The van der Waals surface area contributed by atoms with Gasteiger partial charge in [-0.2, -0.15) is 0 Å². The molecule has 2 rings (SSSR count). The second-order valence-electron chi connectivity index (χ2n) is 4.64. The van der Waals surface area contributed by atoms with Crippen LogP contribution in [0.15, 0.2) is 30.6 Å². The zero-order valence-corrected chi connectivity index (χ0v) is 11.5. The summed E-state index contributed by atoms with van der Waals surface area (Å²) in [5, 5.41) is 10.8. The number of unbranched alkanes of at least 4 members (excludes halogenated alkanes) is 1. The summed E-state index contributed by atoms with van der Waals surface area (Å²) >= 11 is 0. The van der Waals surface area contributed by atoms with E-state index in [1.165, 1.54) is 0 Å². The van der Waals surface area contributed by atoms with Crippen molar-refractivity contribution >= 4 is 11.6 Å². The zero-order chi connectivity index (χ0) is 14.4. The van der Waals surface area contributed by atoms with E-state index in [9.17, 15) is 4.79 Å². The number of hydrogen-bond donors (Lipinski definition) is 2. The molecule has 0 saturated carbocycles. The Morgan fingerprint density at radius 2 is 2.25 bits per heavy atom. The lowest BCUT2D eigenvalue weighted by Gasteiger charge is -2.07. The molecule has 0 aliphatic carbocycles. The summed E-state index contributed by atoms with van der Waals surface area (Å²) in [6, 6.07) is 7.58. The molecule has 0 spiro atoms. The van der Waals surface area contributed by atoms with Crippen LogP contribution in [0, 0.1) is 0 Å². The van der Waals surface area contributed by atoms with Gasteiger partial charge in [0.2, 0.25) is 5.91 Å². The SMILES string of the molecule is Cn1cnnc1-c1cccc(NC(=O)CCCCN)c1. The fourth-order valence-electron chi connectivity index (χ4n) is 1.93. The van der Waals surface area contributed by atoms with Crippen molar-refractivity contribution in [2.75, 3.05) is 11.9 Å². The van der Waals surface area contributed by atoms with Crippen LogP contribution in [0.3, 0.4) is 0 Å². The van der Waals surface area contributed by atoms with Crippen molar-refractivity contribution in [1.29, 1.82) is 0 Å². The number of rotatable bonds is 6. The smallest absolute Gasteiger partial charge is 0.224 e. The number of aromatic nitrogens is 3. The van der Waals surface area contributed by atoms with Crippen molar-refractivity contribution in [3.05, 3.63) is 30.6 Å². The number of amides is 1. The van der Waals surface area contributed by atoms with Gasteiger partial charge in [0.05, 0.1) is 0 Å². The van der Waals surface area contributed by atoms with Gasteiger partial charge in [-0.05, 0) is 31.5 Å². The third kappa shape index (κ3) is 3.64. The van der Waals surface area contributed by atoms with Gasteiger partial charge in [-0.15, -0.1) is 10.2 Å². The van der Waals surface area contributed by atoms with Crippen molar-refractivity contribution in [3.8, 4) is 11.4 Å². The Kier molecular flexibility index (Phi) is 4.84. The van der Waals surface area contributed by atoms with Crippen LogP contribution >= 0.6 is 0 Å². The molecular weight excluding hydrogens is 254 g/mol. The largest absolute Gasteiger partial charge is 0.330 e. The van der Waals surface area contributed by atoms with Crippen LogP contribution in [-0.4, -0.2) is 27.2 Å². The first-order valence-electron chi connectivity index (χ1n) is 6.65. The summed E-state index contributed by atoms with van der Waals surface area (Å²) in [5.41, 5.74) is 7.10. The molecule has 1 aromatic carbocycles. The summed E-state index contributed by atoms with van der Waals surface area (Å²) in [7, 11) is 1.88. The minimum absolute atomic E-state index is 0.00793. The van der Waals surface area contributed by atoms with Crippen molar-refractivity contribution in [3.63, 3.8) is 0 Å². The van der Waals surface area contributed by atoms with E-state index in [0.29, 0.717) is 13.0 Å². The average molecular weight is 273 g/mol. The van der Waals surface area contributed by atoms with Crippen LogP contribution in [0.25, 0.3) is 11.4 Å². The zero-order valence-electron chi connectivity index (χ0n) is 11.5. The molecule has 0 aliphatic rings. The van der Waals surface area contributed by atoms with E-state index < -0.39 is 0 Å². The van der Waals surface area contributed by atoms with Crippen LogP contribution in [0.4, 0.5) is 5.69 Å². The van der Waals surface area contributed by atoms with Crippen LogP contribution < -0.4 is 11.1 Å². The Morgan fingerprint density at radius 3 is 2.95 bits per heavy atom. The molecule has 6 heteroatoms. The van der Waals surface area contributed by atoms with Crippen LogP contribution in [0.2, 0.25) is 0 Å². The van der Waals surface area contributed by atoms with Gasteiger partial charge in [0.25, 0.3) is 0 Å². The number of aryl methyl sites for hydroxylation is 1. The molecule has 6 nitrogen and oxygen atoms in total. The van der Waals surface area contributed by atoms with Gasteiger partial charge in [0.15, 0.2) is 5.82 Å². The predicted molar refractivity (Wildman–Crippen MR) is 78.0 cm³/mol. The highest BCUT2D eigenvalue weighted by Crippen LogP contribution is 2.20. The number of nitrogens with zero attached hydrogens (tertiary/aromatic N) is 3. The monoisotopic (exact) mass is 273 g/mol. The lowest BCUT2D eigenvalue weighted by molar-refractivity contribution is -0.116. The number of hydrogen-bond acceptors (Lipinski definition) is 4. The normalized spacial score (nSPS) is 10.5. The molecule has 0 fully saturated rings. The molecule has 106 valence electrons. The standard InChI is InChI=1S/C14H19N5O/c1-19-10-16-18-14(19)11-5-4-6-12(9-11)17-13(20)7-2-3-8-15/h4-6,9-10H,2-3,7-8,15H2,1H3,(H,17,20). The van der Waals surface area contributed by atoms with Crippen molar-refractivity contribution in [1.82, 2.24) is 14.8 Å². The highest BCUT2D eigenvalue weighted by Gasteiger charge is 2.07. The molecule has 3 N–H and O–H groups in total. The number of benzene rings is 1. The first-order chi connectivity index (χ1) is 9.70. The minimum Gasteiger partial charge on any atom is -0.330 e. The summed E-state index contributed by atoms with van der Waals surface area (Å²) < 4.78 is 1.84. The quantitative estimate of drug-likeness (QED) is 0.782. The average Bonchev–Trinajstić information content (AvgIpc) is 2.85. The lowest BCUT2D eigenvalue weighted by Crippen LogP contribution is -2.12. The molecule has 1 aromatic heterocycles. The maximum absolute atomic E-state index is 11.8. The molecule has 0 radical (unpaired) electrons. The Hall–Kier alpha value is -2.21. The maximum Gasteiger partial charge on any atom is 0.224 e. The van der Waals surface area contributed by atoms with Crippen LogP contribution in [-0.2, 0) is 11.8 Å². The van der Waals surface area contributed by atoms with Crippen molar-refractivity contribution in [2.45, 2.75) is 19.3 Å². The molecule has 2 aromatic rings. The maximum atomic E-state index is 11.8. The van der Waals surface area contributed by atoms with E-state index in [1.807, 2.05) is 35.9 Å². The first kappa shape index (κ1) is 14.2. The highest BCUT2D eigenvalue weighted by atomic mass is 16.1. The summed E-state index contributed by atoms with van der Waals surface area (Å²) in [5.74, 6) is 0.776. The summed E-state index contributed by atoms with van der Waals surface area (Å²) in [6.07, 6.45) is 3.82. The molecule has 0 unspecified atom stereocenters. The predicted octanol–water partition coefficient (Wildman–Crippen LogP) is 1.55. The van der Waals surface area contributed by atoms with E-state index in [-0.39, 0.29) is 5.91 Å². The van der Waals surface area contributed by atoms with Gasteiger partial charge in [-0.25, -0.2) is 0 Å². The highest BCUT2D eigenvalue weighted by molar-refractivity contribution is 5.91. The lowest BCUT2D eigenvalue weighted by atomic mass is 10.1. The second kappa shape index (κ2) is 6.81. The van der Waals surface area contributed by atoms with Crippen molar-refractivity contribution < 1.29 is 4.79 Å². The molecule has 0 bridgehead atoms. The minimum atomic E-state index is 0.00793. The number of anilines is 1. The van der Waals surface area contributed by atoms with Gasteiger partial charge in [-0.3, -0.25) is 4.79 Å². The van der Waals surface area contributed by atoms with Gasteiger partial charge in [0.1, 0.15) is 6.33 Å². The fourth-order valence-corrected chi connectivity index (χ4v) is 1.93. The number of carbonyl (C=O) groups is 1. The molecule has 0 atom stereocenters. The van der Waals surface area contributed by atoms with Gasteiger partial charge >= 0.3 is 0 Å². The first-order valence-corrected chi connectivity index (χ1v) is 6.65. The fraction of sp³-hybridized carbons (Fsp3) is 0.357. The molecular formula is C14H19N5O. The molecule has 1 heterocycles. The van der Waals surface area contributed by atoms with Crippen LogP contribution in [0.1, 0.15) is 19.3 Å². The number of nitrogens with one attached hydrogen (secondary N) is 1. The van der Waals surface area contributed by atoms with Gasteiger partial charge in [0, 0.05) is 24.7 Å². The summed E-state index contributed by atoms with van der Waals surface area (Å²) in [6.45, 7) is 0.620. The number of carbonyl (C=O) groups excluding carboxylic acids is 1. The third-order valence-electron chi connectivity index (χ3n) is 2.97. The molecule has 0 aliphatic heterocycles. The number of nitrogens with two attached hydrogens (primary N) is 1. The van der Waals surface area contributed by atoms with E-state index in [1.54, 1.807) is 6.33 Å². The van der Waals surface area contributed by atoms with Crippen molar-refractivity contribution in [2.24, 2.45) is 12.8 Å². The van der Waals surface area contributed by atoms with E-state index in [0.717, 1.165) is 29.9 Å². The van der Waals surface area contributed by atoms with Gasteiger partial charge in [-0.1, -0.05) is 12.1 Å².